The molecule has 0 spiro atoms. The second-order valence-electron chi connectivity index (χ2n) is 4.68. The highest BCUT2D eigenvalue weighted by Crippen LogP contribution is 2.36. The highest BCUT2D eigenvalue weighted by atomic mass is 19.2. The maximum atomic E-state index is 13.2. The van der Waals surface area contributed by atoms with Gasteiger partial charge in [-0.05, 0) is 48.2 Å². The van der Waals surface area contributed by atoms with Gasteiger partial charge in [0.05, 0.1) is 6.04 Å². The molecule has 3 rings (SSSR count). The van der Waals surface area contributed by atoms with Crippen LogP contribution in [0.4, 0.5) is 14.5 Å². The fourth-order valence-electron chi connectivity index (χ4n) is 2.48. The zero-order valence-electron chi connectivity index (χ0n) is 10.0. The van der Waals surface area contributed by atoms with Gasteiger partial charge in [0.15, 0.2) is 11.6 Å². The van der Waals surface area contributed by atoms with Crippen LogP contribution in [0.25, 0.3) is 0 Å². The number of rotatable bonds is 1. The Bertz CT molecular complexity index is 607. The van der Waals surface area contributed by atoms with Crippen LogP contribution in [0.3, 0.4) is 0 Å². The fourth-order valence-corrected chi connectivity index (χ4v) is 2.48. The molecule has 1 nitrogen and oxygen atoms in total. The first kappa shape index (κ1) is 11.2. The van der Waals surface area contributed by atoms with Gasteiger partial charge in [-0.15, -0.1) is 0 Å². The molecule has 1 N–H and O–H groups in total. The quantitative estimate of drug-likeness (QED) is 0.801. The van der Waals surface area contributed by atoms with Crippen molar-refractivity contribution in [1.29, 1.82) is 0 Å². The van der Waals surface area contributed by atoms with Crippen molar-refractivity contribution in [2.24, 2.45) is 0 Å². The van der Waals surface area contributed by atoms with Gasteiger partial charge in [0, 0.05) is 5.69 Å². The minimum Gasteiger partial charge on any atom is -0.378 e. The molecule has 1 atom stereocenters. The molecule has 1 unspecified atom stereocenters. The van der Waals surface area contributed by atoms with Gasteiger partial charge in [-0.1, -0.05) is 18.2 Å². The summed E-state index contributed by atoms with van der Waals surface area (Å²) < 4.78 is 26.2. The van der Waals surface area contributed by atoms with Gasteiger partial charge in [0.1, 0.15) is 0 Å². The molecule has 1 heterocycles. The molecule has 0 radical (unpaired) electrons. The van der Waals surface area contributed by atoms with Crippen LogP contribution in [0.1, 0.15) is 22.7 Å². The van der Waals surface area contributed by atoms with Crippen LogP contribution in [-0.4, -0.2) is 0 Å². The molecule has 1 aliphatic heterocycles. The van der Waals surface area contributed by atoms with Crippen LogP contribution < -0.4 is 5.32 Å². The number of benzene rings is 2. The van der Waals surface area contributed by atoms with Gasteiger partial charge in [0.25, 0.3) is 0 Å². The average molecular weight is 245 g/mol. The van der Waals surface area contributed by atoms with Gasteiger partial charge in [-0.3, -0.25) is 0 Å². The van der Waals surface area contributed by atoms with Crippen molar-refractivity contribution in [1.82, 2.24) is 0 Å². The van der Waals surface area contributed by atoms with E-state index >= 15 is 0 Å². The number of halogens is 2. The zero-order valence-corrected chi connectivity index (χ0v) is 10.0. The monoisotopic (exact) mass is 245 g/mol. The van der Waals surface area contributed by atoms with Gasteiger partial charge in [-0.25, -0.2) is 8.78 Å². The first-order chi connectivity index (χ1) is 8.65. The van der Waals surface area contributed by atoms with Crippen LogP contribution in [0.15, 0.2) is 36.4 Å². The van der Waals surface area contributed by atoms with Crippen LogP contribution in [-0.2, 0) is 6.42 Å². The average Bonchev–Trinajstić information content (AvgIpc) is 2.78. The Morgan fingerprint density at radius 3 is 2.67 bits per heavy atom. The molecule has 2 aromatic carbocycles. The van der Waals surface area contributed by atoms with E-state index in [-0.39, 0.29) is 6.04 Å². The van der Waals surface area contributed by atoms with Gasteiger partial charge < -0.3 is 5.32 Å². The molecular formula is C15H13F2N. The first-order valence-electron chi connectivity index (χ1n) is 5.95. The Hall–Kier alpha value is -1.90. The van der Waals surface area contributed by atoms with E-state index < -0.39 is 11.6 Å². The molecule has 2 aromatic rings. The van der Waals surface area contributed by atoms with Crippen molar-refractivity contribution in [3.63, 3.8) is 0 Å². The zero-order chi connectivity index (χ0) is 12.7. The van der Waals surface area contributed by atoms with E-state index in [1.807, 2.05) is 12.1 Å². The number of fused-ring (bicyclic) bond motifs is 1. The van der Waals surface area contributed by atoms with E-state index in [1.54, 1.807) is 6.07 Å². The molecule has 0 bridgehead atoms. The number of anilines is 1. The molecule has 0 saturated heterocycles. The summed E-state index contributed by atoms with van der Waals surface area (Å²) in [5, 5.41) is 3.35. The van der Waals surface area contributed by atoms with E-state index in [9.17, 15) is 8.78 Å². The molecule has 0 fully saturated rings. The van der Waals surface area contributed by atoms with E-state index in [4.69, 9.17) is 0 Å². The minimum atomic E-state index is -0.801. The Kier molecular flexibility index (Phi) is 2.54. The molecule has 0 saturated carbocycles. The number of aryl methyl sites for hydroxylation is 1. The molecule has 0 amide bonds. The van der Waals surface area contributed by atoms with Crippen molar-refractivity contribution in [3.05, 3.63) is 64.7 Å². The van der Waals surface area contributed by atoms with Crippen LogP contribution in [0, 0.1) is 18.6 Å². The largest absolute Gasteiger partial charge is 0.378 e. The lowest BCUT2D eigenvalue weighted by Gasteiger charge is -2.11. The summed E-state index contributed by atoms with van der Waals surface area (Å²) in [7, 11) is 0. The summed E-state index contributed by atoms with van der Waals surface area (Å²) in [6.45, 7) is 2.06. The van der Waals surface area contributed by atoms with Crippen molar-refractivity contribution < 1.29 is 8.78 Å². The summed E-state index contributed by atoms with van der Waals surface area (Å²) in [5.74, 6) is -1.59. The van der Waals surface area contributed by atoms with Gasteiger partial charge in [-0.2, -0.15) is 0 Å². The first-order valence-corrected chi connectivity index (χ1v) is 5.95. The third-order valence-electron chi connectivity index (χ3n) is 3.49. The van der Waals surface area contributed by atoms with E-state index in [0.29, 0.717) is 0 Å². The summed E-state index contributed by atoms with van der Waals surface area (Å²) in [6, 6.07) is 10.2. The predicted molar refractivity (Wildman–Crippen MR) is 67.6 cm³/mol. The standard InChI is InChI=1S/C15H13F2N/c1-9-3-2-4-14-11(9)8-15(18-14)10-5-6-12(16)13(17)7-10/h2-7,15,18H,8H2,1H3. The molecule has 3 heteroatoms. The molecule has 0 aliphatic carbocycles. The third kappa shape index (κ3) is 1.76. The van der Waals surface area contributed by atoms with E-state index in [1.165, 1.54) is 23.3 Å². The summed E-state index contributed by atoms with van der Waals surface area (Å²) in [6.07, 6.45) is 0.813. The number of nitrogens with one attached hydrogen (secondary N) is 1. The molecule has 92 valence electrons. The van der Waals surface area contributed by atoms with Crippen LogP contribution >= 0.6 is 0 Å². The lowest BCUT2D eigenvalue weighted by molar-refractivity contribution is 0.506. The predicted octanol–water partition coefficient (Wildman–Crippen LogP) is 3.98. The summed E-state index contributed by atoms with van der Waals surface area (Å²) >= 11 is 0. The Morgan fingerprint density at radius 1 is 1.11 bits per heavy atom. The topological polar surface area (TPSA) is 12.0 Å². The van der Waals surface area contributed by atoms with Crippen molar-refractivity contribution in [2.75, 3.05) is 5.32 Å². The van der Waals surface area contributed by atoms with Gasteiger partial charge in [0.2, 0.25) is 0 Å². The summed E-state index contributed by atoms with van der Waals surface area (Å²) in [5.41, 5.74) is 4.35. The molecule has 1 aliphatic rings. The van der Waals surface area contributed by atoms with Crippen molar-refractivity contribution in [3.8, 4) is 0 Å². The fraction of sp³-hybridized carbons (Fsp3) is 0.200. The maximum Gasteiger partial charge on any atom is 0.159 e. The van der Waals surface area contributed by atoms with Gasteiger partial charge >= 0.3 is 0 Å². The highest BCUT2D eigenvalue weighted by Gasteiger charge is 2.23. The van der Waals surface area contributed by atoms with Crippen LogP contribution in [0.2, 0.25) is 0 Å². The van der Waals surface area contributed by atoms with E-state index in [0.717, 1.165) is 17.7 Å². The van der Waals surface area contributed by atoms with Crippen LogP contribution in [0.5, 0.6) is 0 Å². The minimum absolute atomic E-state index is 0.0243. The third-order valence-corrected chi connectivity index (χ3v) is 3.49. The number of hydrogen-bond acceptors (Lipinski definition) is 1. The number of hydrogen-bond donors (Lipinski definition) is 1. The maximum absolute atomic E-state index is 13.2. The normalized spacial score (nSPS) is 17.4. The molecule has 0 aromatic heterocycles. The lowest BCUT2D eigenvalue weighted by Crippen LogP contribution is -2.06. The van der Waals surface area contributed by atoms with E-state index in [2.05, 4.69) is 18.3 Å². The lowest BCUT2D eigenvalue weighted by atomic mass is 10.00. The molecule has 18 heavy (non-hydrogen) atoms. The van der Waals surface area contributed by atoms with Crippen molar-refractivity contribution >= 4 is 5.69 Å². The highest BCUT2D eigenvalue weighted by molar-refractivity contribution is 5.60. The smallest absolute Gasteiger partial charge is 0.159 e. The Balaban J connectivity index is 1.94. The van der Waals surface area contributed by atoms with Crippen molar-refractivity contribution in [2.45, 2.75) is 19.4 Å². The Morgan fingerprint density at radius 2 is 1.94 bits per heavy atom. The second-order valence-corrected chi connectivity index (χ2v) is 4.68. The Labute approximate surface area is 104 Å². The summed E-state index contributed by atoms with van der Waals surface area (Å²) in [4.78, 5) is 0. The second kappa shape index (κ2) is 4.09. The SMILES string of the molecule is Cc1cccc2c1CC(c1ccc(F)c(F)c1)N2. The molecular weight excluding hydrogens is 232 g/mol.